The van der Waals surface area contributed by atoms with Crippen LogP contribution in [0.2, 0.25) is 5.02 Å². The Balaban J connectivity index is 2.38. The van der Waals surface area contributed by atoms with E-state index in [1.807, 2.05) is 0 Å². The van der Waals surface area contributed by atoms with Crippen LogP contribution in [0.5, 0.6) is 0 Å². The molecule has 7 heteroatoms. The minimum Gasteiger partial charge on any atom is -0.397 e. The molecule has 0 aliphatic carbocycles. The number of nitrogen functional groups attached to an aromatic ring is 1. The summed E-state index contributed by atoms with van der Waals surface area (Å²) >= 11 is 5.76. The number of hydrogen-bond donors (Lipinski definition) is 2. The van der Waals surface area contributed by atoms with Crippen LogP contribution in [0, 0.1) is 6.92 Å². The first-order valence-corrected chi connectivity index (χ1v) is 7.26. The highest BCUT2D eigenvalue weighted by molar-refractivity contribution is 7.92. The number of aryl methyl sites for hydroxylation is 1. The van der Waals surface area contributed by atoms with Crippen molar-refractivity contribution >= 4 is 33.1 Å². The van der Waals surface area contributed by atoms with Crippen molar-refractivity contribution < 1.29 is 8.42 Å². The van der Waals surface area contributed by atoms with Crippen LogP contribution in [0.1, 0.15) is 5.56 Å². The smallest absolute Gasteiger partial charge is 0.263 e. The Morgan fingerprint density at radius 2 is 2.05 bits per heavy atom. The molecule has 0 radical (unpaired) electrons. The lowest BCUT2D eigenvalue weighted by Crippen LogP contribution is -2.15. The molecule has 0 spiro atoms. The maximum Gasteiger partial charge on any atom is 0.263 e. The molecule has 0 bridgehead atoms. The predicted molar refractivity (Wildman–Crippen MR) is 75.6 cm³/mol. The number of nitrogens with zero attached hydrogens (tertiary/aromatic N) is 1. The zero-order chi connectivity index (χ0) is 14.0. The summed E-state index contributed by atoms with van der Waals surface area (Å²) in [6.45, 7) is 1.76. The van der Waals surface area contributed by atoms with E-state index in [0.717, 1.165) is 5.56 Å². The van der Waals surface area contributed by atoms with Gasteiger partial charge in [0.2, 0.25) is 0 Å². The minimum absolute atomic E-state index is 0.0412. The number of sulfonamides is 1. The Morgan fingerprint density at radius 1 is 1.32 bits per heavy atom. The van der Waals surface area contributed by atoms with Crippen LogP contribution in [0.15, 0.2) is 41.4 Å². The third-order valence-electron chi connectivity index (χ3n) is 2.52. The zero-order valence-electron chi connectivity index (χ0n) is 10.1. The molecule has 0 saturated carbocycles. The number of nitrogens with one attached hydrogen (secondary N) is 1. The second kappa shape index (κ2) is 5.07. The van der Waals surface area contributed by atoms with Crippen molar-refractivity contribution in [2.24, 2.45) is 0 Å². The Kier molecular flexibility index (Phi) is 3.64. The first-order valence-electron chi connectivity index (χ1n) is 5.39. The van der Waals surface area contributed by atoms with Gasteiger partial charge in [0.05, 0.1) is 15.6 Å². The van der Waals surface area contributed by atoms with Gasteiger partial charge in [-0.1, -0.05) is 17.7 Å². The van der Waals surface area contributed by atoms with E-state index in [2.05, 4.69) is 9.71 Å². The Hall–Kier alpha value is -1.79. The number of pyridine rings is 1. The van der Waals surface area contributed by atoms with Gasteiger partial charge in [0, 0.05) is 6.20 Å². The van der Waals surface area contributed by atoms with Gasteiger partial charge >= 0.3 is 0 Å². The molecule has 0 fully saturated rings. The fourth-order valence-electron chi connectivity index (χ4n) is 1.47. The van der Waals surface area contributed by atoms with Crippen LogP contribution in [0.25, 0.3) is 0 Å². The summed E-state index contributed by atoms with van der Waals surface area (Å²) in [6.07, 6.45) is 1.51. The maximum atomic E-state index is 12.2. The van der Waals surface area contributed by atoms with E-state index in [0.29, 0.717) is 5.02 Å². The molecule has 0 aliphatic rings. The number of rotatable bonds is 3. The Morgan fingerprint density at radius 3 is 2.68 bits per heavy atom. The van der Waals surface area contributed by atoms with Crippen LogP contribution in [-0.4, -0.2) is 13.4 Å². The normalized spacial score (nSPS) is 11.3. The lowest BCUT2D eigenvalue weighted by molar-refractivity contribution is 0.601. The van der Waals surface area contributed by atoms with Gasteiger partial charge in [0.25, 0.3) is 10.0 Å². The molecule has 0 amide bonds. The van der Waals surface area contributed by atoms with Gasteiger partial charge in [-0.15, -0.1) is 0 Å². The highest BCUT2D eigenvalue weighted by Gasteiger charge is 2.16. The van der Waals surface area contributed by atoms with Gasteiger partial charge in [0.15, 0.2) is 0 Å². The highest BCUT2D eigenvalue weighted by atomic mass is 35.5. The monoisotopic (exact) mass is 297 g/mol. The molecule has 19 heavy (non-hydrogen) atoms. The first kappa shape index (κ1) is 13.6. The average Bonchev–Trinajstić information content (AvgIpc) is 2.35. The number of anilines is 2. The second-order valence-electron chi connectivity index (χ2n) is 3.96. The number of nitrogens with two attached hydrogens (primary N) is 1. The van der Waals surface area contributed by atoms with Gasteiger partial charge in [-0.2, -0.15) is 0 Å². The third kappa shape index (κ3) is 2.97. The van der Waals surface area contributed by atoms with Crippen LogP contribution >= 0.6 is 11.6 Å². The summed E-state index contributed by atoms with van der Waals surface area (Å²) in [7, 11) is -3.73. The zero-order valence-corrected chi connectivity index (χ0v) is 11.7. The van der Waals surface area contributed by atoms with Crippen LogP contribution in [0.4, 0.5) is 11.5 Å². The quantitative estimate of drug-likeness (QED) is 0.852. The van der Waals surface area contributed by atoms with Crippen molar-refractivity contribution in [3.8, 4) is 0 Å². The second-order valence-corrected chi connectivity index (χ2v) is 6.05. The lowest BCUT2D eigenvalue weighted by atomic mass is 10.3. The van der Waals surface area contributed by atoms with Gasteiger partial charge < -0.3 is 5.73 Å². The maximum absolute atomic E-state index is 12.2. The van der Waals surface area contributed by atoms with Crippen LogP contribution in [-0.2, 0) is 10.0 Å². The fraction of sp³-hybridized carbons (Fsp3) is 0.0833. The molecule has 0 unspecified atom stereocenters. The van der Waals surface area contributed by atoms with E-state index in [1.54, 1.807) is 19.1 Å². The van der Waals surface area contributed by atoms with Crippen molar-refractivity contribution in [2.75, 3.05) is 10.5 Å². The molecule has 2 aromatic rings. The first-order chi connectivity index (χ1) is 8.90. The summed E-state index contributed by atoms with van der Waals surface area (Å²) in [5.41, 5.74) is 6.54. The van der Waals surface area contributed by atoms with Crippen molar-refractivity contribution in [2.45, 2.75) is 11.8 Å². The fourth-order valence-corrected chi connectivity index (χ4v) is 2.70. The molecule has 0 atom stereocenters. The van der Waals surface area contributed by atoms with Gasteiger partial charge in [0.1, 0.15) is 5.82 Å². The predicted octanol–water partition coefficient (Wildman–Crippen LogP) is 2.43. The minimum atomic E-state index is -3.73. The largest absolute Gasteiger partial charge is 0.397 e. The molecule has 2 rings (SSSR count). The molecule has 5 nitrogen and oxygen atoms in total. The van der Waals surface area contributed by atoms with E-state index in [4.69, 9.17) is 17.3 Å². The topological polar surface area (TPSA) is 85.1 Å². The molecule has 0 saturated heterocycles. The molecule has 1 heterocycles. The SMILES string of the molecule is Cc1cccnc1NS(=O)(=O)c1ccc(Cl)c(N)c1. The van der Waals surface area contributed by atoms with Crippen molar-refractivity contribution in [1.29, 1.82) is 0 Å². The average molecular weight is 298 g/mol. The summed E-state index contributed by atoms with van der Waals surface area (Å²) in [4.78, 5) is 4.02. The molecular weight excluding hydrogens is 286 g/mol. The molecule has 1 aromatic carbocycles. The summed E-state index contributed by atoms with van der Waals surface area (Å²) in [6, 6.07) is 7.63. The van der Waals surface area contributed by atoms with Crippen molar-refractivity contribution in [3.05, 3.63) is 47.1 Å². The number of halogens is 1. The van der Waals surface area contributed by atoms with E-state index in [1.165, 1.54) is 24.4 Å². The number of hydrogen-bond acceptors (Lipinski definition) is 4. The van der Waals surface area contributed by atoms with Crippen LogP contribution < -0.4 is 10.5 Å². The molecule has 0 aliphatic heterocycles. The molecule has 1 aromatic heterocycles. The highest BCUT2D eigenvalue weighted by Crippen LogP contribution is 2.24. The van der Waals surface area contributed by atoms with E-state index >= 15 is 0 Å². The molecule has 3 N–H and O–H groups in total. The van der Waals surface area contributed by atoms with Gasteiger partial charge in [-0.25, -0.2) is 13.4 Å². The summed E-state index contributed by atoms with van der Waals surface area (Å²) < 4.78 is 26.7. The number of benzene rings is 1. The van der Waals surface area contributed by atoms with Gasteiger partial charge in [-0.3, -0.25) is 4.72 Å². The van der Waals surface area contributed by atoms with Crippen molar-refractivity contribution in [3.63, 3.8) is 0 Å². The van der Waals surface area contributed by atoms with Crippen LogP contribution in [0.3, 0.4) is 0 Å². The standard InChI is InChI=1S/C12H12ClN3O2S/c1-8-3-2-6-15-12(8)16-19(17,18)9-4-5-10(13)11(14)7-9/h2-7H,14H2,1H3,(H,15,16). The lowest BCUT2D eigenvalue weighted by Gasteiger charge is -2.10. The Bertz CT molecular complexity index is 717. The van der Waals surface area contributed by atoms with E-state index < -0.39 is 10.0 Å². The van der Waals surface area contributed by atoms with E-state index in [-0.39, 0.29) is 16.4 Å². The van der Waals surface area contributed by atoms with Crippen molar-refractivity contribution in [1.82, 2.24) is 4.98 Å². The molecule has 100 valence electrons. The number of aromatic nitrogens is 1. The third-order valence-corrected chi connectivity index (χ3v) is 4.20. The summed E-state index contributed by atoms with van der Waals surface area (Å²) in [5, 5.41) is 0.313. The summed E-state index contributed by atoms with van der Waals surface area (Å²) in [5.74, 6) is 0.288. The van der Waals surface area contributed by atoms with E-state index in [9.17, 15) is 8.42 Å². The van der Waals surface area contributed by atoms with Gasteiger partial charge in [-0.05, 0) is 36.8 Å². The molecular formula is C12H12ClN3O2S. The Labute approximate surface area is 116 Å².